The topological polar surface area (TPSA) is 35.6 Å². The summed E-state index contributed by atoms with van der Waals surface area (Å²) in [6.07, 6.45) is 0. The molecule has 1 rings (SSSR count). The summed E-state index contributed by atoms with van der Waals surface area (Å²) < 4.78 is 0. The van der Waals surface area contributed by atoms with Crippen molar-refractivity contribution in [1.82, 2.24) is 10.4 Å². The number of carbonyl (C=O) groups excluding carboxylic acids is 1. The summed E-state index contributed by atoms with van der Waals surface area (Å²) >= 11 is 0. The maximum atomic E-state index is 11.0. The molecule has 0 radical (unpaired) electrons. The lowest BCUT2D eigenvalue weighted by Gasteiger charge is -2.17. The fourth-order valence-electron chi connectivity index (χ4n) is 1.23. The molecule has 0 aliphatic carbocycles. The number of rotatable bonds is 4. The molecule has 0 heterocycles. The standard InChI is InChI=1S/C12H19N3O/c1-10(16)15(4)13-9-11-5-7-12(8-6-11)14(2)3/h5-8,13H,9H2,1-4H3. The number of anilines is 1. The summed E-state index contributed by atoms with van der Waals surface area (Å²) in [6, 6.07) is 8.22. The Morgan fingerprint density at radius 1 is 1.19 bits per heavy atom. The molecule has 1 aromatic rings. The number of hydrazine groups is 1. The second-order valence-corrected chi connectivity index (χ2v) is 3.97. The third-order valence-electron chi connectivity index (χ3n) is 2.45. The van der Waals surface area contributed by atoms with Gasteiger partial charge in [0.2, 0.25) is 5.91 Å². The molecule has 0 atom stereocenters. The van der Waals surface area contributed by atoms with Crippen LogP contribution in [0.25, 0.3) is 0 Å². The van der Waals surface area contributed by atoms with Crippen molar-refractivity contribution in [2.24, 2.45) is 0 Å². The van der Waals surface area contributed by atoms with Crippen LogP contribution in [0.4, 0.5) is 5.69 Å². The van der Waals surface area contributed by atoms with Gasteiger partial charge >= 0.3 is 0 Å². The number of amides is 1. The van der Waals surface area contributed by atoms with Gasteiger partial charge < -0.3 is 4.90 Å². The zero-order valence-corrected chi connectivity index (χ0v) is 10.3. The highest BCUT2D eigenvalue weighted by Crippen LogP contribution is 2.11. The summed E-state index contributed by atoms with van der Waals surface area (Å²) in [5, 5.41) is 1.49. The van der Waals surface area contributed by atoms with Crippen LogP contribution in [0.5, 0.6) is 0 Å². The predicted octanol–water partition coefficient (Wildman–Crippen LogP) is 1.24. The zero-order valence-electron chi connectivity index (χ0n) is 10.3. The number of nitrogens with zero attached hydrogens (tertiary/aromatic N) is 2. The van der Waals surface area contributed by atoms with E-state index in [9.17, 15) is 4.79 Å². The average Bonchev–Trinajstić information content (AvgIpc) is 2.26. The summed E-state index contributed by atoms with van der Waals surface area (Å²) in [7, 11) is 5.74. The summed E-state index contributed by atoms with van der Waals surface area (Å²) in [6.45, 7) is 2.19. The molecule has 88 valence electrons. The Morgan fingerprint density at radius 3 is 2.19 bits per heavy atom. The van der Waals surface area contributed by atoms with E-state index in [-0.39, 0.29) is 5.91 Å². The molecule has 0 aliphatic rings. The number of benzene rings is 1. The fourth-order valence-corrected chi connectivity index (χ4v) is 1.23. The van der Waals surface area contributed by atoms with Crippen molar-refractivity contribution in [2.45, 2.75) is 13.5 Å². The summed E-state index contributed by atoms with van der Waals surface area (Å²) in [4.78, 5) is 13.0. The van der Waals surface area contributed by atoms with Gasteiger partial charge in [0.05, 0.1) is 0 Å². The van der Waals surface area contributed by atoms with Crippen LogP contribution in [0.3, 0.4) is 0 Å². The molecule has 1 aromatic carbocycles. The minimum absolute atomic E-state index is 0.00455. The third-order valence-corrected chi connectivity index (χ3v) is 2.45. The van der Waals surface area contributed by atoms with Crippen molar-refractivity contribution in [3.8, 4) is 0 Å². The van der Waals surface area contributed by atoms with Gasteiger partial charge in [-0.1, -0.05) is 12.1 Å². The van der Waals surface area contributed by atoms with Crippen LogP contribution >= 0.6 is 0 Å². The molecule has 4 nitrogen and oxygen atoms in total. The Bertz CT molecular complexity index is 346. The first-order chi connectivity index (χ1) is 7.50. The minimum atomic E-state index is 0.00455. The Hall–Kier alpha value is -1.55. The highest BCUT2D eigenvalue weighted by molar-refractivity contribution is 5.72. The van der Waals surface area contributed by atoms with Gasteiger partial charge in [-0.05, 0) is 17.7 Å². The van der Waals surface area contributed by atoms with Crippen LogP contribution < -0.4 is 10.3 Å². The van der Waals surface area contributed by atoms with Gasteiger partial charge in [0.25, 0.3) is 0 Å². The quantitative estimate of drug-likeness (QED) is 0.777. The Balaban J connectivity index is 2.52. The molecular formula is C12H19N3O. The molecule has 4 heteroatoms. The van der Waals surface area contributed by atoms with Gasteiger partial charge in [-0.25, -0.2) is 5.43 Å². The molecule has 0 aliphatic heterocycles. The van der Waals surface area contributed by atoms with Crippen molar-refractivity contribution >= 4 is 11.6 Å². The molecule has 0 saturated carbocycles. The number of nitrogens with one attached hydrogen (secondary N) is 1. The van der Waals surface area contributed by atoms with Gasteiger partial charge in [-0.3, -0.25) is 9.80 Å². The molecule has 16 heavy (non-hydrogen) atoms. The van der Waals surface area contributed by atoms with E-state index in [0.717, 1.165) is 5.56 Å². The normalized spacial score (nSPS) is 10.0. The molecule has 0 unspecified atom stereocenters. The Morgan fingerprint density at radius 2 is 1.75 bits per heavy atom. The van der Waals surface area contributed by atoms with Crippen molar-refractivity contribution in [3.05, 3.63) is 29.8 Å². The lowest BCUT2D eigenvalue weighted by atomic mass is 10.2. The third kappa shape index (κ3) is 3.55. The van der Waals surface area contributed by atoms with E-state index >= 15 is 0 Å². The van der Waals surface area contributed by atoms with Crippen molar-refractivity contribution in [3.63, 3.8) is 0 Å². The summed E-state index contributed by atoms with van der Waals surface area (Å²) in [5.74, 6) is 0.00455. The summed E-state index contributed by atoms with van der Waals surface area (Å²) in [5.41, 5.74) is 5.34. The van der Waals surface area contributed by atoms with Crippen LogP contribution in [-0.4, -0.2) is 32.1 Å². The van der Waals surface area contributed by atoms with E-state index in [1.807, 2.05) is 14.1 Å². The SMILES string of the molecule is CC(=O)N(C)NCc1ccc(N(C)C)cc1. The second kappa shape index (κ2) is 5.51. The number of carbonyl (C=O) groups is 1. The van der Waals surface area contributed by atoms with E-state index in [1.165, 1.54) is 17.6 Å². The van der Waals surface area contributed by atoms with Gasteiger partial charge in [0.15, 0.2) is 0 Å². The molecule has 0 saturated heterocycles. The largest absolute Gasteiger partial charge is 0.378 e. The van der Waals surface area contributed by atoms with Crippen LogP contribution in [0.15, 0.2) is 24.3 Å². The monoisotopic (exact) mass is 221 g/mol. The molecule has 1 amide bonds. The maximum absolute atomic E-state index is 11.0. The second-order valence-electron chi connectivity index (χ2n) is 3.97. The van der Waals surface area contributed by atoms with Crippen LogP contribution in [-0.2, 0) is 11.3 Å². The average molecular weight is 221 g/mol. The van der Waals surface area contributed by atoms with E-state index in [0.29, 0.717) is 6.54 Å². The predicted molar refractivity (Wildman–Crippen MR) is 66.1 cm³/mol. The van der Waals surface area contributed by atoms with E-state index in [4.69, 9.17) is 0 Å². The molecule has 0 bridgehead atoms. The van der Waals surface area contributed by atoms with Crippen molar-refractivity contribution in [1.29, 1.82) is 0 Å². The first-order valence-electron chi connectivity index (χ1n) is 5.25. The molecular weight excluding hydrogens is 202 g/mol. The van der Waals surface area contributed by atoms with E-state index < -0.39 is 0 Å². The maximum Gasteiger partial charge on any atom is 0.233 e. The molecule has 0 fully saturated rings. The number of hydrogen-bond donors (Lipinski definition) is 1. The minimum Gasteiger partial charge on any atom is -0.378 e. The Labute approximate surface area is 96.8 Å². The first-order valence-corrected chi connectivity index (χ1v) is 5.25. The van der Waals surface area contributed by atoms with Gasteiger partial charge in [0.1, 0.15) is 0 Å². The number of hydrogen-bond acceptors (Lipinski definition) is 3. The molecule has 0 spiro atoms. The van der Waals surface area contributed by atoms with Gasteiger partial charge in [-0.15, -0.1) is 0 Å². The van der Waals surface area contributed by atoms with Gasteiger partial charge in [-0.2, -0.15) is 0 Å². The highest BCUT2D eigenvalue weighted by Gasteiger charge is 2.01. The molecule has 1 N–H and O–H groups in total. The van der Waals surface area contributed by atoms with Crippen LogP contribution in [0.1, 0.15) is 12.5 Å². The first kappa shape index (κ1) is 12.5. The highest BCUT2D eigenvalue weighted by atomic mass is 16.2. The Kier molecular flexibility index (Phi) is 4.31. The zero-order chi connectivity index (χ0) is 12.1. The molecule has 0 aromatic heterocycles. The van der Waals surface area contributed by atoms with Crippen LogP contribution in [0.2, 0.25) is 0 Å². The van der Waals surface area contributed by atoms with Crippen molar-refractivity contribution in [2.75, 3.05) is 26.0 Å². The van der Waals surface area contributed by atoms with E-state index in [1.54, 1.807) is 7.05 Å². The van der Waals surface area contributed by atoms with E-state index in [2.05, 4.69) is 34.6 Å². The van der Waals surface area contributed by atoms with Gasteiger partial charge in [0, 0.05) is 40.3 Å². The lowest BCUT2D eigenvalue weighted by molar-refractivity contribution is -0.130. The smallest absolute Gasteiger partial charge is 0.233 e. The van der Waals surface area contributed by atoms with Crippen LogP contribution in [0, 0.1) is 0 Å². The lowest BCUT2D eigenvalue weighted by Crippen LogP contribution is -2.37. The fraction of sp³-hybridized carbons (Fsp3) is 0.417. The van der Waals surface area contributed by atoms with Crippen molar-refractivity contribution < 1.29 is 4.79 Å².